The summed E-state index contributed by atoms with van der Waals surface area (Å²) in [7, 11) is -2.58. The van der Waals surface area contributed by atoms with Crippen LogP contribution in [-0.4, -0.2) is 32.4 Å². The fraction of sp³-hybridized carbons (Fsp3) is 0.240. The van der Waals surface area contributed by atoms with Gasteiger partial charge in [0.1, 0.15) is 22.2 Å². The zero-order valence-electron chi connectivity index (χ0n) is 18.7. The van der Waals surface area contributed by atoms with Gasteiger partial charge in [-0.15, -0.1) is 0 Å². The Morgan fingerprint density at radius 1 is 1.00 bits per heavy atom. The average molecular weight is 472 g/mol. The Morgan fingerprint density at radius 3 is 2.33 bits per heavy atom. The van der Waals surface area contributed by atoms with Crippen LogP contribution in [0.3, 0.4) is 0 Å². The number of carbonyl (C=O) groups excluding carboxylic acids is 1. The van der Waals surface area contributed by atoms with Crippen molar-refractivity contribution in [2.24, 2.45) is 0 Å². The molecule has 0 radical (unpaired) electrons. The van der Waals surface area contributed by atoms with E-state index in [1.54, 1.807) is 54.5 Å². The molecule has 8 heteroatoms. The van der Waals surface area contributed by atoms with Crippen LogP contribution in [0.1, 0.15) is 36.2 Å². The molecular weight excluding hydrogens is 445 g/mol. The lowest BCUT2D eigenvalue weighted by Crippen LogP contribution is -2.37. The Kier molecular flexibility index (Phi) is 7.71. The highest BCUT2D eigenvalue weighted by atomic mass is 32.2. The molecule has 6 nitrogen and oxygen atoms in total. The van der Waals surface area contributed by atoms with Crippen LogP contribution in [0.5, 0.6) is 11.5 Å². The summed E-state index contributed by atoms with van der Waals surface area (Å²) in [5.41, 5.74) is 1.21. The summed E-state index contributed by atoms with van der Waals surface area (Å²) < 4.78 is 48.7. The lowest BCUT2D eigenvalue weighted by Gasteiger charge is -2.29. The van der Waals surface area contributed by atoms with E-state index >= 15 is 0 Å². The van der Waals surface area contributed by atoms with Crippen molar-refractivity contribution in [2.45, 2.75) is 37.8 Å². The highest BCUT2D eigenvalue weighted by Crippen LogP contribution is 2.23. The van der Waals surface area contributed by atoms with Gasteiger partial charge in [-0.2, -0.15) is 8.42 Å². The molecule has 0 aliphatic rings. The van der Waals surface area contributed by atoms with Gasteiger partial charge in [-0.05, 0) is 73.5 Å². The van der Waals surface area contributed by atoms with Gasteiger partial charge < -0.3 is 13.8 Å². The SMILES string of the molecule is CCC(C)N(Cc1cccc(OS(=O)(=O)c2ccc(F)cc2)c1)C(=O)c1cccc(OC)c1. The molecule has 0 fully saturated rings. The second-order valence-corrected chi connectivity index (χ2v) is 9.11. The van der Waals surface area contributed by atoms with E-state index in [0.29, 0.717) is 16.9 Å². The number of nitrogens with zero attached hydrogens (tertiary/aromatic N) is 1. The lowest BCUT2D eigenvalue weighted by molar-refractivity contribution is 0.0671. The molecule has 3 aromatic carbocycles. The Labute approximate surface area is 193 Å². The fourth-order valence-corrected chi connectivity index (χ4v) is 4.16. The minimum absolute atomic E-state index is 0.0591. The molecule has 0 aliphatic carbocycles. The van der Waals surface area contributed by atoms with Crippen LogP contribution >= 0.6 is 0 Å². The summed E-state index contributed by atoms with van der Waals surface area (Å²) in [6.07, 6.45) is 0.741. The lowest BCUT2D eigenvalue weighted by atomic mass is 10.1. The molecule has 0 spiro atoms. The number of amides is 1. The largest absolute Gasteiger partial charge is 0.497 e. The summed E-state index contributed by atoms with van der Waals surface area (Å²) in [6.45, 7) is 4.21. The van der Waals surface area contributed by atoms with Gasteiger partial charge in [0.15, 0.2) is 0 Å². The molecule has 1 unspecified atom stereocenters. The Hall–Kier alpha value is -3.39. The third kappa shape index (κ3) is 6.10. The van der Waals surface area contributed by atoms with Gasteiger partial charge in [-0.3, -0.25) is 4.79 Å². The molecule has 0 aliphatic heterocycles. The molecule has 3 rings (SSSR count). The van der Waals surface area contributed by atoms with Crippen LogP contribution in [0, 0.1) is 5.82 Å². The molecule has 0 aromatic heterocycles. The minimum atomic E-state index is -4.12. The second-order valence-electron chi connectivity index (χ2n) is 7.56. The number of hydrogen-bond acceptors (Lipinski definition) is 5. The second kappa shape index (κ2) is 10.5. The predicted octanol–water partition coefficient (Wildman–Crippen LogP) is 5.04. The highest BCUT2D eigenvalue weighted by molar-refractivity contribution is 7.87. The van der Waals surface area contributed by atoms with E-state index in [4.69, 9.17) is 8.92 Å². The molecule has 3 aromatic rings. The maximum absolute atomic E-state index is 13.3. The Balaban J connectivity index is 1.83. The number of rotatable bonds is 9. The standard InChI is InChI=1S/C25H26FNO5S/c1-4-18(2)27(25(28)20-8-6-9-22(16-20)31-3)17-19-7-5-10-23(15-19)32-33(29,30)24-13-11-21(26)12-14-24/h5-16,18H,4,17H2,1-3H3. The van der Waals surface area contributed by atoms with Gasteiger partial charge in [0.2, 0.25) is 0 Å². The van der Waals surface area contributed by atoms with Gasteiger partial charge in [-0.25, -0.2) is 4.39 Å². The smallest absolute Gasteiger partial charge is 0.339 e. The van der Waals surface area contributed by atoms with E-state index in [9.17, 15) is 17.6 Å². The summed E-state index contributed by atoms with van der Waals surface area (Å²) in [5.74, 6) is -0.00334. The van der Waals surface area contributed by atoms with Crippen molar-refractivity contribution in [2.75, 3.05) is 7.11 Å². The topological polar surface area (TPSA) is 72.9 Å². The first kappa shape index (κ1) is 24.3. The number of methoxy groups -OCH3 is 1. The van der Waals surface area contributed by atoms with E-state index < -0.39 is 15.9 Å². The van der Waals surface area contributed by atoms with E-state index in [1.165, 1.54) is 6.07 Å². The highest BCUT2D eigenvalue weighted by Gasteiger charge is 2.22. The molecule has 174 valence electrons. The maximum Gasteiger partial charge on any atom is 0.339 e. The van der Waals surface area contributed by atoms with Crippen LogP contribution in [-0.2, 0) is 16.7 Å². The van der Waals surface area contributed by atoms with E-state index in [-0.39, 0.29) is 29.1 Å². The molecular formula is C25H26FNO5S. The molecule has 0 heterocycles. The van der Waals surface area contributed by atoms with Crippen LogP contribution in [0.25, 0.3) is 0 Å². The van der Waals surface area contributed by atoms with E-state index in [1.807, 2.05) is 13.8 Å². The van der Waals surface area contributed by atoms with Gasteiger partial charge in [0, 0.05) is 18.2 Å². The van der Waals surface area contributed by atoms with Crippen molar-refractivity contribution in [1.29, 1.82) is 0 Å². The van der Waals surface area contributed by atoms with Crippen molar-refractivity contribution < 1.29 is 26.5 Å². The van der Waals surface area contributed by atoms with Crippen LogP contribution in [0.15, 0.2) is 77.7 Å². The first-order valence-electron chi connectivity index (χ1n) is 10.5. The first-order valence-corrected chi connectivity index (χ1v) is 11.9. The number of halogens is 1. The molecule has 1 atom stereocenters. The molecule has 0 saturated carbocycles. The minimum Gasteiger partial charge on any atom is -0.497 e. The van der Waals surface area contributed by atoms with Crippen LogP contribution in [0.4, 0.5) is 4.39 Å². The van der Waals surface area contributed by atoms with Gasteiger partial charge in [-0.1, -0.05) is 25.1 Å². The fourth-order valence-electron chi connectivity index (χ4n) is 3.24. The van der Waals surface area contributed by atoms with Crippen LogP contribution in [0.2, 0.25) is 0 Å². The summed E-state index contributed by atoms with van der Waals surface area (Å²) in [6, 6.07) is 17.8. The van der Waals surface area contributed by atoms with E-state index in [0.717, 1.165) is 30.7 Å². The number of carbonyl (C=O) groups is 1. The van der Waals surface area contributed by atoms with Gasteiger partial charge in [0.05, 0.1) is 7.11 Å². The maximum atomic E-state index is 13.3. The molecule has 0 bridgehead atoms. The molecule has 1 amide bonds. The molecule has 0 saturated heterocycles. The third-order valence-corrected chi connectivity index (χ3v) is 6.52. The normalized spacial score (nSPS) is 12.1. The summed E-state index contributed by atoms with van der Waals surface area (Å²) in [5, 5.41) is 0. The van der Waals surface area contributed by atoms with Crippen molar-refractivity contribution in [1.82, 2.24) is 4.90 Å². The molecule has 0 N–H and O–H groups in total. The van der Waals surface area contributed by atoms with Crippen molar-refractivity contribution in [3.63, 3.8) is 0 Å². The zero-order chi connectivity index (χ0) is 24.0. The van der Waals surface area contributed by atoms with Gasteiger partial charge >= 0.3 is 10.1 Å². The summed E-state index contributed by atoms with van der Waals surface area (Å²) >= 11 is 0. The van der Waals surface area contributed by atoms with Crippen molar-refractivity contribution in [3.8, 4) is 11.5 Å². The Morgan fingerprint density at radius 2 is 1.67 bits per heavy atom. The summed E-state index contributed by atoms with van der Waals surface area (Å²) in [4.78, 5) is 14.8. The quantitative estimate of drug-likeness (QED) is 0.409. The van der Waals surface area contributed by atoms with Gasteiger partial charge in [0.25, 0.3) is 5.91 Å². The third-order valence-electron chi connectivity index (χ3n) is 5.26. The number of ether oxygens (including phenoxy) is 1. The molecule has 33 heavy (non-hydrogen) atoms. The van der Waals surface area contributed by atoms with E-state index in [2.05, 4.69) is 0 Å². The average Bonchev–Trinajstić information content (AvgIpc) is 2.82. The Bertz CT molecular complexity index is 1210. The number of hydrogen-bond donors (Lipinski definition) is 0. The van der Waals surface area contributed by atoms with Crippen LogP contribution < -0.4 is 8.92 Å². The predicted molar refractivity (Wildman–Crippen MR) is 123 cm³/mol. The van der Waals surface area contributed by atoms with Crippen molar-refractivity contribution >= 4 is 16.0 Å². The first-order chi connectivity index (χ1) is 15.7. The van der Waals surface area contributed by atoms with Crippen molar-refractivity contribution in [3.05, 3.63) is 89.7 Å². The zero-order valence-corrected chi connectivity index (χ0v) is 19.5. The number of benzene rings is 3. The monoisotopic (exact) mass is 471 g/mol.